The van der Waals surface area contributed by atoms with Crippen LogP contribution in [-0.4, -0.2) is 6.54 Å². The summed E-state index contributed by atoms with van der Waals surface area (Å²) in [6, 6.07) is 10.3. The number of ether oxygens (including phenoxy) is 1. The van der Waals surface area contributed by atoms with Crippen molar-refractivity contribution in [2.75, 3.05) is 6.54 Å². The van der Waals surface area contributed by atoms with Gasteiger partial charge in [0.25, 0.3) is 0 Å². The fourth-order valence-electron chi connectivity index (χ4n) is 2.24. The van der Waals surface area contributed by atoms with E-state index in [4.69, 9.17) is 9.15 Å². The predicted octanol–water partition coefficient (Wildman–Crippen LogP) is 4.23. The lowest BCUT2D eigenvalue weighted by molar-refractivity contribution is 0.267. The smallest absolute Gasteiger partial charge is 0.146 e. The molecule has 2 rings (SSSR count). The largest absolute Gasteiger partial charge is 0.486 e. The van der Waals surface area contributed by atoms with Crippen LogP contribution >= 0.6 is 0 Å². The molecule has 0 radical (unpaired) electrons. The minimum Gasteiger partial charge on any atom is -0.486 e. The molecule has 21 heavy (non-hydrogen) atoms. The van der Waals surface area contributed by atoms with Crippen LogP contribution in [0.15, 0.2) is 34.7 Å². The highest BCUT2D eigenvalue weighted by atomic mass is 16.5. The molecule has 0 aliphatic carbocycles. The molecule has 114 valence electrons. The van der Waals surface area contributed by atoms with E-state index in [-0.39, 0.29) is 0 Å². The first-order chi connectivity index (χ1) is 10.2. The molecule has 0 unspecified atom stereocenters. The lowest BCUT2D eigenvalue weighted by Gasteiger charge is -2.05. The van der Waals surface area contributed by atoms with Gasteiger partial charge in [-0.15, -0.1) is 0 Å². The highest BCUT2D eigenvalue weighted by molar-refractivity contribution is 5.29. The summed E-state index contributed by atoms with van der Waals surface area (Å²) in [6.45, 7) is 8.67. The van der Waals surface area contributed by atoms with Crippen molar-refractivity contribution in [1.82, 2.24) is 5.32 Å². The van der Waals surface area contributed by atoms with Gasteiger partial charge in [0.05, 0.1) is 0 Å². The SMILES string of the molecule is CCCNCc1cc(COc2cccc(CC)c2)oc1C. The normalized spacial score (nSPS) is 10.8. The Labute approximate surface area is 127 Å². The van der Waals surface area contributed by atoms with Gasteiger partial charge in [0, 0.05) is 12.1 Å². The molecule has 0 bridgehead atoms. The molecule has 0 saturated carbocycles. The third kappa shape index (κ3) is 4.64. The topological polar surface area (TPSA) is 34.4 Å². The summed E-state index contributed by atoms with van der Waals surface area (Å²) >= 11 is 0. The number of nitrogens with one attached hydrogen (secondary N) is 1. The molecule has 0 aliphatic heterocycles. The van der Waals surface area contributed by atoms with Gasteiger partial charge in [0.1, 0.15) is 23.9 Å². The molecule has 1 aromatic carbocycles. The summed E-state index contributed by atoms with van der Waals surface area (Å²) in [4.78, 5) is 0. The molecule has 0 aliphatic rings. The van der Waals surface area contributed by atoms with Crippen LogP contribution in [0.2, 0.25) is 0 Å². The average molecular weight is 287 g/mol. The Morgan fingerprint density at radius 3 is 2.81 bits per heavy atom. The highest BCUT2D eigenvalue weighted by Crippen LogP contribution is 2.19. The van der Waals surface area contributed by atoms with Crippen molar-refractivity contribution < 1.29 is 9.15 Å². The van der Waals surface area contributed by atoms with Crippen molar-refractivity contribution in [3.8, 4) is 5.75 Å². The quantitative estimate of drug-likeness (QED) is 0.738. The van der Waals surface area contributed by atoms with Crippen LogP contribution in [0.4, 0.5) is 0 Å². The van der Waals surface area contributed by atoms with Crippen LogP contribution in [-0.2, 0) is 19.6 Å². The Hall–Kier alpha value is -1.74. The van der Waals surface area contributed by atoms with Crippen LogP contribution in [0.3, 0.4) is 0 Å². The summed E-state index contributed by atoms with van der Waals surface area (Å²) in [5.41, 5.74) is 2.50. The van der Waals surface area contributed by atoms with Crippen LogP contribution in [0.25, 0.3) is 0 Å². The monoisotopic (exact) mass is 287 g/mol. The van der Waals surface area contributed by atoms with Gasteiger partial charge in [0.15, 0.2) is 0 Å². The van der Waals surface area contributed by atoms with Gasteiger partial charge < -0.3 is 14.5 Å². The molecule has 3 heteroatoms. The first kappa shape index (κ1) is 15.6. The maximum Gasteiger partial charge on any atom is 0.146 e. The predicted molar refractivity (Wildman–Crippen MR) is 85.6 cm³/mol. The van der Waals surface area contributed by atoms with E-state index in [0.717, 1.165) is 43.2 Å². The molecule has 1 N–H and O–H groups in total. The molecule has 1 heterocycles. The average Bonchev–Trinajstić information content (AvgIpc) is 2.86. The number of hydrogen-bond acceptors (Lipinski definition) is 3. The Bertz CT molecular complexity index is 560. The van der Waals surface area contributed by atoms with Crippen molar-refractivity contribution in [2.45, 2.75) is 46.8 Å². The maximum atomic E-state index is 5.81. The zero-order valence-corrected chi connectivity index (χ0v) is 13.2. The van der Waals surface area contributed by atoms with Crippen molar-refractivity contribution in [2.24, 2.45) is 0 Å². The van der Waals surface area contributed by atoms with Crippen LogP contribution < -0.4 is 10.1 Å². The molecule has 3 nitrogen and oxygen atoms in total. The highest BCUT2D eigenvalue weighted by Gasteiger charge is 2.08. The van der Waals surface area contributed by atoms with Crippen LogP contribution in [0.5, 0.6) is 5.75 Å². The number of benzene rings is 1. The van der Waals surface area contributed by atoms with Gasteiger partial charge in [-0.25, -0.2) is 0 Å². The second-order valence-electron chi connectivity index (χ2n) is 5.26. The molecule has 0 fully saturated rings. The minimum atomic E-state index is 0.474. The molecule has 2 aromatic rings. The van der Waals surface area contributed by atoms with Gasteiger partial charge in [-0.1, -0.05) is 26.0 Å². The van der Waals surface area contributed by atoms with E-state index in [0.29, 0.717) is 6.61 Å². The number of rotatable bonds is 8. The number of furan rings is 1. The molecule has 0 atom stereocenters. The molecular weight excluding hydrogens is 262 g/mol. The first-order valence-corrected chi connectivity index (χ1v) is 7.73. The fourth-order valence-corrected chi connectivity index (χ4v) is 2.24. The molecule has 0 amide bonds. The molecular formula is C18H25NO2. The zero-order valence-electron chi connectivity index (χ0n) is 13.2. The van der Waals surface area contributed by atoms with E-state index in [1.165, 1.54) is 11.1 Å². The standard InChI is InChI=1S/C18H25NO2/c1-4-9-19-12-16-11-18(21-14(16)3)13-20-17-8-6-7-15(5-2)10-17/h6-8,10-11,19H,4-5,9,12-13H2,1-3H3. The summed E-state index contributed by atoms with van der Waals surface area (Å²) in [6.07, 6.45) is 2.16. The Balaban J connectivity index is 1.92. The van der Waals surface area contributed by atoms with Gasteiger partial charge in [-0.05, 0) is 50.1 Å². The third-order valence-corrected chi connectivity index (χ3v) is 3.50. The lowest BCUT2D eigenvalue weighted by Crippen LogP contribution is -2.13. The Kier molecular flexibility index (Phi) is 5.88. The molecule has 0 spiro atoms. The van der Waals surface area contributed by atoms with E-state index in [1.807, 2.05) is 19.1 Å². The number of aryl methyl sites for hydroxylation is 2. The van der Waals surface area contributed by atoms with Gasteiger partial charge >= 0.3 is 0 Å². The summed E-state index contributed by atoms with van der Waals surface area (Å²) in [5, 5.41) is 3.39. The van der Waals surface area contributed by atoms with E-state index in [9.17, 15) is 0 Å². The van der Waals surface area contributed by atoms with Crippen LogP contribution in [0.1, 0.15) is 42.9 Å². The minimum absolute atomic E-state index is 0.474. The Morgan fingerprint density at radius 2 is 2.05 bits per heavy atom. The van der Waals surface area contributed by atoms with Crippen molar-refractivity contribution in [1.29, 1.82) is 0 Å². The van der Waals surface area contributed by atoms with Gasteiger partial charge in [-0.3, -0.25) is 0 Å². The molecule has 0 saturated heterocycles. The van der Waals surface area contributed by atoms with Gasteiger partial charge in [-0.2, -0.15) is 0 Å². The fraction of sp³-hybridized carbons (Fsp3) is 0.444. The maximum absolute atomic E-state index is 5.81. The van der Waals surface area contributed by atoms with E-state index in [1.54, 1.807) is 0 Å². The van der Waals surface area contributed by atoms with E-state index < -0.39 is 0 Å². The zero-order chi connectivity index (χ0) is 15.1. The summed E-state index contributed by atoms with van der Waals surface area (Å²) in [7, 11) is 0. The van der Waals surface area contributed by atoms with E-state index >= 15 is 0 Å². The van der Waals surface area contributed by atoms with Crippen LogP contribution in [0, 0.1) is 6.92 Å². The second-order valence-corrected chi connectivity index (χ2v) is 5.26. The van der Waals surface area contributed by atoms with Crippen molar-refractivity contribution in [3.05, 3.63) is 53.0 Å². The van der Waals surface area contributed by atoms with Crippen molar-refractivity contribution >= 4 is 0 Å². The Morgan fingerprint density at radius 1 is 1.19 bits per heavy atom. The summed E-state index contributed by atoms with van der Waals surface area (Å²) in [5.74, 6) is 2.75. The summed E-state index contributed by atoms with van der Waals surface area (Å²) < 4.78 is 11.6. The van der Waals surface area contributed by atoms with Crippen molar-refractivity contribution in [3.63, 3.8) is 0 Å². The number of hydrogen-bond donors (Lipinski definition) is 1. The lowest BCUT2D eigenvalue weighted by atomic mass is 10.2. The third-order valence-electron chi connectivity index (χ3n) is 3.50. The molecule has 1 aromatic heterocycles. The van der Waals surface area contributed by atoms with E-state index in [2.05, 4.69) is 37.4 Å². The second kappa shape index (κ2) is 7.89. The first-order valence-electron chi connectivity index (χ1n) is 7.73. The van der Waals surface area contributed by atoms with Gasteiger partial charge in [0.2, 0.25) is 0 Å².